The quantitative estimate of drug-likeness (QED) is 0.659. The molecule has 2 bridgehead atoms. The lowest BCUT2D eigenvalue weighted by atomic mass is 9.77. The summed E-state index contributed by atoms with van der Waals surface area (Å²) in [6, 6.07) is 11.1. The van der Waals surface area contributed by atoms with Gasteiger partial charge < -0.3 is 0 Å². The zero-order valence-electron chi connectivity index (χ0n) is 10.6. The topological polar surface area (TPSA) is 0 Å². The van der Waals surface area contributed by atoms with Crippen molar-refractivity contribution < 1.29 is 0 Å². The Balaban J connectivity index is 1.77. The van der Waals surface area contributed by atoms with E-state index in [2.05, 4.69) is 67.2 Å². The standard InChI is InChI=1S/C17H18S/c1-11-9-15(12-5-3-2-4-6-12)16-13-7-8-14(10-13)17(16)18-11/h2-9,13-17H,10H2,1H3/t13-,14+,15+,16-,17-/m1/s1. The van der Waals surface area contributed by atoms with Crippen LogP contribution in [0.25, 0.3) is 0 Å². The molecular formula is C17H18S. The van der Waals surface area contributed by atoms with E-state index in [4.69, 9.17) is 0 Å². The lowest BCUT2D eigenvalue weighted by Gasteiger charge is -2.37. The average molecular weight is 254 g/mol. The van der Waals surface area contributed by atoms with Gasteiger partial charge in [0.05, 0.1) is 0 Å². The normalized spacial score (nSPS) is 40.7. The summed E-state index contributed by atoms with van der Waals surface area (Å²) in [5.41, 5.74) is 1.51. The molecule has 18 heavy (non-hydrogen) atoms. The number of hydrogen-bond acceptors (Lipinski definition) is 1. The minimum absolute atomic E-state index is 0.636. The molecule has 5 atom stereocenters. The lowest BCUT2D eigenvalue weighted by Crippen LogP contribution is -2.30. The monoisotopic (exact) mass is 254 g/mol. The summed E-state index contributed by atoms with van der Waals surface area (Å²) in [5.74, 6) is 3.12. The zero-order valence-corrected chi connectivity index (χ0v) is 11.4. The van der Waals surface area contributed by atoms with Crippen LogP contribution < -0.4 is 0 Å². The van der Waals surface area contributed by atoms with Crippen molar-refractivity contribution in [1.82, 2.24) is 0 Å². The van der Waals surface area contributed by atoms with E-state index in [1.54, 1.807) is 0 Å². The molecule has 1 aromatic carbocycles. The molecule has 0 aromatic heterocycles. The highest BCUT2D eigenvalue weighted by molar-refractivity contribution is 8.03. The van der Waals surface area contributed by atoms with E-state index in [1.807, 2.05) is 0 Å². The number of hydrogen-bond donors (Lipinski definition) is 0. The third-order valence-electron chi connectivity index (χ3n) is 4.78. The summed E-state index contributed by atoms with van der Waals surface area (Å²) in [5, 5.41) is 0.829. The van der Waals surface area contributed by atoms with Gasteiger partial charge in [-0.2, -0.15) is 0 Å². The Kier molecular flexibility index (Phi) is 2.44. The second kappa shape index (κ2) is 4.03. The van der Waals surface area contributed by atoms with Crippen molar-refractivity contribution in [3.8, 4) is 0 Å². The molecule has 1 fully saturated rings. The first-order valence-electron chi connectivity index (χ1n) is 6.91. The van der Waals surface area contributed by atoms with Crippen LogP contribution in [0.5, 0.6) is 0 Å². The first-order valence-corrected chi connectivity index (χ1v) is 7.79. The molecule has 92 valence electrons. The molecule has 1 saturated carbocycles. The molecule has 1 heteroatoms. The zero-order chi connectivity index (χ0) is 12.1. The lowest BCUT2D eigenvalue weighted by molar-refractivity contribution is 0.412. The summed E-state index contributed by atoms with van der Waals surface area (Å²) in [6.45, 7) is 2.28. The number of benzene rings is 1. The maximum atomic E-state index is 2.51. The molecule has 0 spiro atoms. The molecule has 3 aliphatic rings. The highest BCUT2D eigenvalue weighted by Gasteiger charge is 2.49. The molecule has 1 aromatic rings. The Bertz CT molecular complexity index is 514. The first kappa shape index (κ1) is 10.9. The van der Waals surface area contributed by atoms with E-state index >= 15 is 0 Å². The fourth-order valence-electron chi connectivity index (χ4n) is 4.06. The largest absolute Gasteiger partial charge is 0.127 e. The van der Waals surface area contributed by atoms with Crippen LogP contribution in [0.4, 0.5) is 0 Å². The van der Waals surface area contributed by atoms with Gasteiger partial charge in [-0.15, -0.1) is 11.8 Å². The van der Waals surface area contributed by atoms with E-state index in [1.165, 1.54) is 16.9 Å². The Labute approximate surface area is 113 Å². The summed E-state index contributed by atoms with van der Waals surface area (Å²) in [6.07, 6.45) is 8.86. The predicted molar refractivity (Wildman–Crippen MR) is 78.5 cm³/mol. The predicted octanol–water partition coefficient (Wildman–Crippen LogP) is 4.61. The van der Waals surface area contributed by atoms with Crippen LogP contribution in [0.15, 0.2) is 53.5 Å². The van der Waals surface area contributed by atoms with Crippen LogP contribution in [0.2, 0.25) is 0 Å². The summed E-state index contributed by atoms with van der Waals surface area (Å²) in [4.78, 5) is 1.52. The summed E-state index contributed by atoms with van der Waals surface area (Å²) < 4.78 is 0. The average Bonchev–Trinajstić information content (AvgIpc) is 3.00. The van der Waals surface area contributed by atoms with Gasteiger partial charge in [-0.25, -0.2) is 0 Å². The molecule has 1 heterocycles. The fraction of sp³-hybridized carbons (Fsp3) is 0.412. The molecule has 1 aliphatic heterocycles. The van der Waals surface area contributed by atoms with Crippen LogP contribution in [0.1, 0.15) is 24.8 Å². The van der Waals surface area contributed by atoms with Crippen molar-refractivity contribution >= 4 is 11.8 Å². The van der Waals surface area contributed by atoms with Gasteiger partial charge in [0.1, 0.15) is 0 Å². The summed E-state index contributed by atoms with van der Waals surface area (Å²) >= 11 is 2.13. The van der Waals surface area contributed by atoms with Crippen LogP contribution in [0.3, 0.4) is 0 Å². The van der Waals surface area contributed by atoms with Crippen molar-refractivity contribution in [2.24, 2.45) is 17.8 Å². The molecule has 0 radical (unpaired) electrons. The molecule has 0 nitrogen and oxygen atoms in total. The van der Waals surface area contributed by atoms with E-state index < -0.39 is 0 Å². The van der Waals surface area contributed by atoms with Gasteiger partial charge in [-0.1, -0.05) is 48.6 Å². The minimum Gasteiger partial charge on any atom is -0.127 e. The van der Waals surface area contributed by atoms with Crippen molar-refractivity contribution in [2.75, 3.05) is 0 Å². The third kappa shape index (κ3) is 1.53. The molecule has 0 saturated heterocycles. The molecule has 2 aliphatic carbocycles. The van der Waals surface area contributed by atoms with E-state index in [-0.39, 0.29) is 0 Å². The second-order valence-electron chi connectivity index (χ2n) is 5.82. The highest BCUT2D eigenvalue weighted by atomic mass is 32.2. The van der Waals surface area contributed by atoms with Gasteiger partial charge in [0.15, 0.2) is 0 Å². The SMILES string of the molecule is CC1=C[C@@H](c2ccccc2)[C@@H]2[C@H](S1)[C@H]1C=C[C@@H]2C1. The number of fused-ring (bicyclic) bond motifs is 5. The van der Waals surface area contributed by atoms with E-state index in [9.17, 15) is 0 Å². The molecule has 4 rings (SSSR count). The van der Waals surface area contributed by atoms with Crippen LogP contribution >= 0.6 is 11.8 Å². The molecule has 0 unspecified atom stereocenters. The number of allylic oxidation sites excluding steroid dienone is 4. The highest BCUT2D eigenvalue weighted by Crippen LogP contribution is 2.58. The van der Waals surface area contributed by atoms with Crippen LogP contribution in [-0.4, -0.2) is 5.25 Å². The Morgan fingerprint density at radius 3 is 2.67 bits per heavy atom. The molecule has 0 N–H and O–H groups in total. The van der Waals surface area contributed by atoms with Gasteiger partial charge in [-0.05, 0) is 41.6 Å². The Morgan fingerprint density at radius 1 is 1.06 bits per heavy atom. The number of rotatable bonds is 1. The maximum absolute atomic E-state index is 2.51. The fourth-order valence-corrected chi connectivity index (χ4v) is 5.62. The van der Waals surface area contributed by atoms with Gasteiger partial charge in [0.2, 0.25) is 0 Å². The van der Waals surface area contributed by atoms with Crippen LogP contribution in [-0.2, 0) is 0 Å². The molecule has 0 amide bonds. The van der Waals surface area contributed by atoms with Crippen molar-refractivity contribution in [2.45, 2.75) is 24.5 Å². The van der Waals surface area contributed by atoms with Crippen molar-refractivity contribution in [3.63, 3.8) is 0 Å². The van der Waals surface area contributed by atoms with Gasteiger partial charge in [-0.3, -0.25) is 0 Å². The minimum atomic E-state index is 0.636. The third-order valence-corrected chi connectivity index (χ3v) is 6.22. The van der Waals surface area contributed by atoms with Crippen molar-refractivity contribution in [1.29, 1.82) is 0 Å². The van der Waals surface area contributed by atoms with Gasteiger partial charge in [0, 0.05) is 11.2 Å². The van der Waals surface area contributed by atoms with E-state index in [0.29, 0.717) is 5.92 Å². The summed E-state index contributed by atoms with van der Waals surface area (Å²) in [7, 11) is 0. The Morgan fingerprint density at radius 2 is 1.83 bits per heavy atom. The second-order valence-corrected chi connectivity index (χ2v) is 7.25. The van der Waals surface area contributed by atoms with Crippen molar-refractivity contribution in [3.05, 3.63) is 59.0 Å². The van der Waals surface area contributed by atoms with Crippen LogP contribution in [0, 0.1) is 17.8 Å². The Hall–Kier alpha value is -0.950. The first-order chi connectivity index (χ1) is 8.83. The van der Waals surface area contributed by atoms with E-state index in [0.717, 1.165) is 23.0 Å². The maximum Gasteiger partial charge on any atom is 0.0197 e. The van der Waals surface area contributed by atoms with Gasteiger partial charge >= 0.3 is 0 Å². The molecular weight excluding hydrogens is 236 g/mol. The smallest absolute Gasteiger partial charge is 0.0197 e. The van der Waals surface area contributed by atoms with Gasteiger partial charge in [0.25, 0.3) is 0 Å². The number of thioether (sulfide) groups is 1.